The maximum atomic E-state index is 13.4. The third-order valence-electron chi connectivity index (χ3n) is 7.27. The minimum Gasteiger partial charge on any atom is -0.504 e. The van der Waals surface area contributed by atoms with Gasteiger partial charge in [0.05, 0.1) is 0 Å². The normalized spacial score (nSPS) is 15.1. The smallest absolute Gasteiger partial charge is 0.223 e. The molecule has 0 atom stereocenters. The molecule has 12 heteroatoms. The molecule has 0 aliphatic carbocycles. The Kier molecular flexibility index (Phi) is 14.4. The Labute approximate surface area is 263 Å². The van der Waals surface area contributed by atoms with Crippen LogP contribution in [-0.2, 0) is 14.4 Å². The number of ketones is 1. The van der Waals surface area contributed by atoms with Gasteiger partial charge in [-0.2, -0.15) is 0 Å². The van der Waals surface area contributed by atoms with Crippen LogP contribution in [-0.4, -0.2) is 95.3 Å². The Balaban J connectivity index is 1.52. The first-order valence-electron chi connectivity index (χ1n) is 15.3. The lowest BCUT2D eigenvalue weighted by atomic mass is 9.93. The van der Waals surface area contributed by atoms with E-state index in [1.165, 1.54) is 53.5 Å². The highest BCUT2D eigenvalue weighted by atomic mass is 16.3. The number of hydrogen-bond donors (Lipinski definition) is 8. The summed E-state index contributed by atoms with van der Waals surface area (Å²) >= 11 is 0. The fourth-order valence-corrected chi connectivity index (χ4v) is 4.76. The highest BCUT2D eigenvalue weighted by Crippen LogP contribution is 2.30. The minimum absolute atomic E-state index is 0.00360. The SMILES string of the molecule is NCCCNCCCCNCCCNC(=O)CCC(=O)N1C/C(=C/c2ccc(O)c(O)c2)C(=O)/C(=C/c2ccc(O)c(O)c2)C1. The van der Waals surface area contributed by atoms with Gasteiger partial charge in [-0.3, -0.25) is 14.4 Å². The Morgan fingerprint density at radius 1 is 0.711 bits per heavy atom. The molecule has 12 nitrogen and oxygen atoms in total. The number of carbonyl (C=O) groups is 3. The summed E-state index contributed by atoms with van der Waals surface area (Å²) in [5, 5.41) is 48.6. The quantitative estimate of drug-likeness (QED) is 0.0733. The van der Waals surface area contributed by atoms with E-state index in [4.69, 9.17) is 5.73 Å². The number of aromatic hydroxyl groups is 4. The lowest BCUT2D eigenvalue weighted by Gasteiger charge is -2.30. The largest absolute Gasteiger partial charge is 0.504 e. The second-order valence-electron chi connectivity index (χ2n) is 11.0. The molecular weight excluding hydrogens is 578 g/mol. The Hall–Kier alpha value is -4.39. The Bertz CT molecular complexity index is 1300. The number of rotatable bonds is 17. The number of nitrogens with one attached hydrogen (secondary N) is 3. The molecule has 2 aromatic rings. The van der Waals surface area contributed by atoms with Crippen molar-refractivity contribution in [3.8, 4) is 23.0 Å². The number of nitrogens with two attached hydrogens (primary N) is 1. The second-order valence-corrected chi connectivity index (χ2v) is 11.0. The molecule has 1 saturated heterocycles. The van der Waals surface area contributed by atoms with E-state index in [1.807, 2.05) is 0 Å². The number of phenolic OH excluding ortho intramolecular Hbond substituents is 4. The van der Waals surface area contributed by atoms with Gasteiger partial charge >= 0.3 is 0 Å². The van der Waals surface area contributed by atoms with Crippen molar-refractivity contribution in [3.05, 3.63) is 58.7 Å². The van der Waals surface area contributed by atoms with Crippen LogP contribution >= 0.6 is 0 Å². The highest BCUT2D eigenvalue weighted by Gasteiger charge is 2.29. The summed E-state index contributed by atoms with van der Waals surface area (Å²) in [5.74, 6) is -2.17. The molecule has 2 aromatic carbocycles. The lowest BCUT2D eigenvalue weighted by molar-refractivity contribution is -0.133. The van der Waals surface area contributed by atoms with Crippen LogP contribution in [0.5, 0.6) is 23.0 Å². The van der Waals surface area contributed by atoms with Gasteiger partial charge < -0.3 is 47.0 Å². The standard InChI is InChI=1S/C33H45N5O7/c34-11-3-14-35-12-1-2-13-36-15-4-16-37-31(43)9-10-32(44)38-21-25(17-23-5-7-27(39)29(41)19-23)33(45)26(22-38)18-24-6-8-28(40)30(42)20-24/h5-8,17-20,35-36,39-42H,1-4,9-16,21-22,34H2,(H,37,43)/b25-17-,26-18+. The molecule has 2 amide bonds. The van der Waals surface area contributed by atoms with Crippen LogP contribution in [0.1, 0.15) is 49.7 Å². The molecule has 1 heterocycles. The van der Waals surface area contributed by atoms with Crippen molar-refractivity contribution < 1.29 is 34.8 Å². The van der Waals surface area contributed by atoms with Gasteiger partial charge in [-0.15, -0.1) is 0 Å². The summed E-state index contributed by atoms with van der Waals surface area (Å²) < 4.78 is 0. The predicted molar refractivity (Wildman–Crippen MR) is 173 cm³/mol. The topological polar surface area (TPSA) is 197 Å². The van der Waals surface area contributed by atoms with E-state index in [9.17, 15) is 34.8 Å². The first kappa shape index (κ1) is 35.1. The summed E-state index contributed by atoms with van der Waals surface area (Å²) in [4.78, 5) is 40.5. The van der Waals surface area contributed by atoms with Gasteiger partial charge in [0.25, 0.3) is 0 Å². The number of piperidine rings is 1. The average Bonchev–Trinajstić information content (AvgIpc) is 3.02. The van der Waals surface area contributed by atoms with Crippen LogP contribution < -0.4 is 21.7 Å². The lowest BCUT2D eigenvalue weighted by Crippen LogP contribution is -2.42. The number of likely N-dealkylation sites (tertiary alicyclic amines) is 1. The third kappa shape index (κ3) is 11.9. The van der Waals surface area contributed by atoms with Crippen molar-refractivity contribution >= 4 is 29.7 Å². The molecule has 0 spiro atoms. The van der Waals surface area contributed by atoms with Crippen molar-refractivity contribution in [1.82, 2.24) is 20.9 Å². The van der Waals surface area contributed by atoms with E-state index in [2.05, 4.69) is 16.0 Å². The molecule has 0 saturated carbocycles. The van der Waals surface area contributed by atoms with Crippen molar-refractivity contribution in [2.75, 3.05) is 52.4 Å². The number of Topliss-reactive ketones (excluding diaryl/α,β-unsaturated/α-hetero) is 1. The number of phenols is 4. The molecule has 0 aromatic heterocycles. The van der Waals surface area contributed by atoms with E-state index < -0.39 is 0 Å². The van der Waals surface area contributed by atoms with Gasteiger partial charge in [0.2, 0.25) is 11.8 Å². The number of hydrogen-bond acceptors (Lipinski definition) is 10. The van der Waals surface area contributed by atoms with Crippen LogP contribution in [0.4, 0.5) is 0 Å². The van der Waals surface area contributed by atoms with E-state index in [1.54, 1.807) is 0 Å². The molecule has 244 valence electrons. The van der Waals surface area contributed by atoms with E-state index in [-0.39, 0.29) is 77.7 Å². The zero-order valence-electron chi connectivity index (χ0n) is 25.6. The van der Waals surface area contributed by atoms with Crippen LogP contribution in [0.25, 0.3) is 12.2 Å². The third-order valence-corrected chi connectivity index (χ3v) is 7.27. The van der Waals surface area contributed by atoms with Gasteiger partial charge in [-0.05, 0) is 106 Å². The molecule has 0 radical (unpaired) electrons. The van der Waals surface area contributed by atoms with Crippen LogP contribution in [0.2, 0.25) is 0 Å². The number of amides is 2. The molecule has 3 rings (SSSR count). The summed E-state index contributed by atoms with van der Waals surface area (Å²) in [6.45, 7) is 4.80. The maximum absolute atomic E-state index is 13.4. The zero-order valence-corrected chi connectivity index (χ0v) is 25.6. The molecule has 1 fully saturated rings. The molecule has 1 aliphatic rings. The number of carbonyl (C=O) groups excluding carboxylic acids is 3. The zero-order chi connectivity index (χ0) is 32.6. The molecule has 1 aliphatic heterocycles. The van der Waals surface area contributed by atoms with Crippen LogP contribution in [0.15, 0.2) is 47.5 Å². The Morgan fingerprint density at radius 3 is 1.73 bits per heavy atom. The van der Waals surface area contributed by atoms with E-state index in [0.29, 0.717) is 24.2 Å². The van der Waals surface area contributed by atoms with Crippen LogP contribution in [0.3, 0.4) is 0 Å². The predicted octanol–water partition coefficient (Wildman–Crippen LogP) is 1.98. The van der Waals surface area contributed by atoms with E-state index >= 15 is 0 Å². The fourth-order valence-electron chi connectivity index (χ4n) is 4.76. The minimum atomic E-state index is -0.347. The molecule has 0 bridgehead atoms. The van der Waals surface area contributed by atoms with Gasteiger partial charge in [0.15, 0.2) is 28.8 Å². The van der Waals surface area contributed by atoms with E-state index in [0.717, 1.165) is 51.9 Å². The monoisotopic (exact) mass is 623 g/mol. The van der Waals surface area contributed by atoms with Gasteiger partial charge in [0, 0.05) is 43.6 Å². The van der Waals surface area contributed by atoms with Gasteiger partial charge in [-0.1, -0.05) is 12.1 Å². The molecule has 0 unspecified atom stereocenters. The first-order chi connectivity index (χ1) is 21.7. The Morgan fingerprint density at radius 2 is 1.22 bits per heavy atom. The molecule has 45 heavy (non-hydrogen) atoms. The van der Waals surface area contributed by atoms with Crippen molar-refractivity contribution in [2.24, 2.45) is 5.73 Å². The van der Waals surface area contributed by atoms with Crippen LogP contribution in [0, 0.1) is 0 Å². The number of benzene rings is 2. The van der Waals surface area contributed by atoms with Crippen molar-refractivity contribution in [3.63, 3.8) is 0 Å². The fraction of sp³-hybridized carbons (Fsp3) is 0.424. The molecular formula is C33H45N5O7. The highest BCUT2D eigenvalue weighted by molar-refractivity contribution is 6.15. The average molecular weight is 624 g/mol. The van der Waals surface area contributed by atoms with Crippen molar-refractivity contribution in [2.45, 2.75) is 38.5 Å². The van der Waals surface area contributed by atoms with Gasteiger partial charge in [-0.25, -0.2) is 0 Å². The van der Waals surface area contributed by atoms with Gasteiger partial charge in [0.1, 0.15) is 0 Å². The number of unbranched alkanes of at least 4 members (excludes halogenated alkanes) is 1. The summed E-state index contributed by atoms with van der Waals surface area (Å²) in [7, 11) is 0. The number of nitrogens with zero attached hydrogens (tertiary/aromatic N) is 1. The first-order valence-corrected chi connectivity index (χ1v) is 15.3. The second kappa shape index (κ2) is 18.4. The summed E-state index contributed by atoms with van der Waals surface area (Å²) in [5.41, 5.74) is 6.92. The summed E-state index contributed by atoms with van der Waals surface area (Å²) in [6, 6.07) is 8.27. The molecule has 9 N–H and O–H groups in total. The van der Waals surface area contributed by atoms with Crippen molar-refractivity contribution in [1.29, 1.82) is 0 Å². The maximum Gasteiger partial charge on any atom is 0.223 e. The summed E-state index contributed by atoms with van der Waals surface area (Å²) in [6.07, 6.45) is 6.93.